The molecule has 0 bridgehead atoms. The number of rotatable bonds is 9. The van der Waals surface area contributed by atoms with E-state index in [1.807, 2.05) is 359 Å². The summed E-state index contributed by atoms with van der Waals surface area (Å²) in [6.07, 6.45) is 22.8. The first-order valence-electron chi connectivity index (χ1n) is 38.0. The van der Waals surface area contributed by atoms with Gasteiger partial charge in [-0.15, -0.1) is 233 Å². The van der Waals surface area contributed by atoms with Crippen molar-refractivity contribution in [3.8, 4) is 95.6 Å². The van der Waals surface area contributed by atoms with Gasteiger partial charge in [0.05, 0.1) is 11.8 Å². The molecule has 22 aromatic rings. The van der Waals surface area contributed by atoms with Crippen LogP contribution in [-0.2, 0) is 121 Å². The zero-order valence-corrected chi connectivity index (χ0v) is 80.4. The van der Waals surface area contributed by atoms with Crippen molar-refractivity contribution in [3.63, 3.8) is 0 Å². The van der Waals surface area contributed by atoms with Crippen LogP contribution in [0.25, 0.3) is 129 Å². The van der Waals surface area contributed by atoms with Gasteiger partial charge >= 0.3 is 0 Å². The fraction of sp³-hybridized carbons (Fsp3) is 0. The number of imidazole rings is 4. The topological polar surface area (TPSA) is 126 Å². The summed E-state index contributed by atoms with van der Waals surface area (Å²) in [6.45, 7) is 0. The molecule has 0 amide bonds. The second-order valence-electron chi connectivity index (χ2n) is 26.2. The van der Waals surface area contributed by atoms with Gasteiger partial charge in [-0.1, -0.05) is 121 Å². The molecule has 0 fully saturated rings. The molecule has 6 radical (unpaired) electrons. The molecule has 0 saturated carbocycles. The number of hydrogen-bond donors (Lipinski definition) is 0. The van der Waals surface area contributed by atoms with Crippen LogP contribution in [-0.4, -0.2) is 62.3 Å². The van der Waals surface area contributed by atoms with Crippen molar-refractivity contribution in [1.82, 2.24) is 62.3 Å². The van der Waals surface area contributed by atoms with E-state index in [1.54, 1.807) is 41.5 Å². The van der Waals surface area contributed by atoms with E-state index in [1.165, 1.54) is 16.5 Å². The molecule has 12 aromatic heterocycles. The van der Waals surface area contributed by atoms with Crippen LogP contribution in [0.1, 0.15) is 0 Å². The number of para-hydroxylation sites is 2. The summed E-state index contributed by atoms with van der Waals surface area (Å²) in [5.74, 6) is -1.29. The van der Waals surface area contributed by atoms with Crippen molar-refractivity contribution < 1.29 is 129 Å². The van der Waals surface area contributed by atoms with Gasteiger partial charge in [-0.05, 0) is 125 Å². The van der Waals surface area contributed by atoms with E-state index in [4.69, 9.17) is 0 Å². The van der Waals surface area contributed by atoms with E-state index in [-0.39, 0.29) is 126 Å². The third kappa shape index (κ3) is 27.1. The Morgan fingerprint density at radius 2 is 0.736 bits per heavy atom. The Bertz CT molecular complexity index is 6410. The normalized spacial score (nSPS) is 9.94. The van der Waals surface area contributed by atoms with Crippen molar-refractivity contribution in [3.05, 3.63) is 493 Å². The molecule has 13 nitrogen and oxygen atoms in total. The fourth-order valence-corrected chi connectivity index (χ4v) is 12.3. The van der Waals surface area contributed by atoms with Crippen LogP contribution in [0.5, 0.6) is 0 Å². The predicted molar refractivity (Wildman–Crippen MR) is 469 cm³/mol. The standard InChI is InChI=1S/C17H12N.C15H10N.4C13H9N2.C11H6F2N.C9H7N2.6Ir/c1-2-7-14(8-3-1)15-9-6-10-16(13-15)17-11-4-5-12-18-17;1-2-6-12(7-3-1)15-11-10-13-8-4-5-9-14(13)16-15;3*1-2-6-11(7-3-1)12-10-15-9-5-4-8-13(15)14-12;1-2-6-11(7-3-1)13-12-8-4-5-9-15(12)10-14-13;12-8-4-5-9(10(13)7-8)11-3-1-2-6-14-11;1-2-5-9(6-3-1)11-8-4-7-10-11;;;;;;/h1-9,11-13H;1-6,8-11H;4*1-6,8-10H;1-4,6-7H;1-5,7-8H;;;;;;/q8*-1;;;;;;. The van der Waals surface area contributed by atoms with E-state index in [2.05, 4.69) is 131 Å². The molecule has 0 aliphatic rings. The van der Waals surface area contributed by atoms with Crippen molar-refractivity contribution in [2.24, 2.45) is 0 Å². The van der Waals surface area contributed by atoms with Gasteiger partial charge in [0, 0.05) is 210 Å². The first-order chi connectivity index (χ1) is 58.8. The monoisotopic (exact) mass is 2700 g/mol. The molecule has 22 rings (SSSR count). The molecule has 10 aromatic carbocycles. The molecular weight excluding hydrogens is 2620 g/mol. The third-order valence-corrected chi connectivity index (χ3v) is 18.1. The van der Waals surface area contributed by atoms with Crippen molar-refractivity contribution in [2.45, 2.75) is 0 Å². The van der Waals surface area contributed by atoms with E-state index >= 15 is 0 Å². The SMILES string of the molecule is Fc1c[c-]c(-c2ccccn2)c(F)c1.[Ir].[Ir].[Ir].[Ir].[Ir].[Ir].[c-]1ccc(-c2ccccc2)cc1-c1ccccn1.[c-]1ccccc1-c1ccc2ccccc2n1.[c-]1ccccc1-c1cn2ccccc2n1.[c-]1ccccc1-c1cn2ccccc2n1.[c-]1ccccc1-c1cn2ccccc2n1.[c-]1ccccc1-c1ncn2ccccc12.[c-]1ccccc1-n1cccn1. The summed E-state index contributed by atoms with van der Waals surface area (Å²) < 4.78 is 35.6. The minimum Gasteiger partial charge on any atom is -0.316 e. The Balaban J connectivity index is 0.000000161. The summed E-state index contributed by atoms with van der Waals surface area (Å²) in [6, 6.07) is 139. The van der Waals surface area contributed by atoms with Gasteiger partial charge in [-0.2, -0.15) is 29.4 Å². The summed E-state index contributed by atoms with van der Waals surface area (Å²) in [7, 11) is 0. The van der Waals surface area contributed by atoms with E-state index in [9.17, 15) is 8.78 Å². The number of halogens is 2. The Hall–Kier alpha value is -12.4. The molecular formula is C104H71F2Ir6N13-8. The minimum atomic E-state index is -0.649. The molecule has 0 saturated heterocycles. The Labute approximate surface area is 805 Å². The molecule has 125 heavy (non-hydrogen) atoms. The second kappa shape index (κ2) is 50.4. The maximum Gasteiger partial charge on any atom is 0.126 e. The first-order valence-corrected chi connectivity index (χ1v) is 38.0. The second-order valence-corrected chi connectivity index (χ2v) is 26.2. The number of nitrogens with zero attached hydrogens (tertiary/aromatic N) is 13. The fourth-order valence-electron chi connectivity index (χ4n) is 12.3. The maximum atomic E-state index is 13.2. The molecule has 0 N–H and O–H groups in total. The van der Waals surface area contributed by atoms with Gasteiger partial charge in [0.25, 0.3) is 0 Å². The van der Waals surface area contributed by atoms with Gasteiger partial charge in [0.1, 0.15) is 16.9 Å². The molecule has 12 heterocycles. The summed E-state index contributed by atoms with van der Waals surface area (Å²) in [5.41, 5.74) is 21.0. The Kier molecular flexibility index (Phi) is 38.9. The molecule has 0 unspecified atom stereocenters. The van der Waals surface area contributed by atoms with Gasteiger partial charge in [-0.3, -0.25) is 38.4 Å². The molecule has 0 aliphatic carbocycles. The van der Waals surface area contributed by atoms with Crippen LogP contribution in [0, 0.1) is 60.2 Å². The Morgan fingerprint density at radius 3 is 1.22 bits per heavy atom. The number of aromatic nitrogens is 13. The van der Waals surface area contributed by atoms with Crippen molar-refractivity contribution in [2.75, 3.05) is 0 Å². The van der Waals surface area contributed by atoms with Gasteiger partial charge in [0.2, 0.25) is 0 Å². The molecule has 0 aliphatic heterocycles. The first kappa shape index (κ1) is 96.5. The quantitative estimate of drug-likeness (QED) is 0.131. The minimum absolute atomic E-state index is 0. The van der Waals surface area contributed by atoms with E-state index in [0.29, 0.717) is 5.69 Å². The molecule has 0 spiro atoms. The molecule has 21 heteroatoms. The molecule has 628 valence electrons. The predicted octanol–water partition coefficient (Wildman–Crippen LogP) is 23.6. The van der Waals surface area contributed by atoms with Crippen LogP contribution in [0.15, 0.2) is 432 Å². The van der Waals surface area contributed by atoms with Crippen LogP contribution in [0.4, 0.5) is 8.78 Å². The zero-order valence-electron chi connectivity index (χ0n) is 66.1. The average molecular weight is 2690 g/mol. The maximum absolute atomic E-state index is 13.2. The molecule has 0 atom stereocenters. The Morgan fingerprint density at radius 1 is 0.280 bits per heavy atom. The average Bonchev–Trinajstić information content (AvgIpc) is 1.79. The van der Waals surface area contributed by atoms with Gasteiger partial charge < -0.3 is 27.6 Å². The van der Waals surface area contributed by atoms with Crippen LogP contribution in [0.2, 0.25) is 0 Å². The number of pyridine rings is 7. The van der Waals surface area contributed by atoms with Crippen LogP contribution in [0.3, 0.4) is 0 Å². The summed E-state index contributed by atoms with van der Waals surface area (Å²) >= 11 is 0. The summed E-state index contributed by atoms with van der Waals surface area (Å²) in [4.78, 5) is 30.9. The van der Waals surface area contributed by atoms with Gasteiger partial charge in [-0.25, -0.2) is 0 Å². The van der Waals surface area contributed by atoms with Crippen molar-refractivity contribution >= 4 is 33.4 Å². The number of fused-ring (bicyclic) bond motifs is 5. The number of hydrogen-bond acceptors (Lipinski definition) is 8. The van der Waals surface area contributed by atoms with E-state index in [0.717, 1.165) is 113 Å². The van der Waals surface area contributed by atoms with Crippen LogP contribution < -0.4 is 0 Å². The van der Waals surface area contributed by atoms with E-state index < -0.39 is 11.6 Å². The largest absolute Gasteiger partial charge is 0.316 e. The van der Waals surface area contributed by atoms with Crippen molar-refractivity contribution in [1.29, 1.82) is 0 Å². The smallest absolute Gasteiger partial charge is 0.126 e. The zero-order chi connectivity index (χ0) is 80.8. The van der Waals surface area contributed by atoms with Gasteiger partial charge in [0.15, 0.2) is 0 Å². The number of benzene rings is 10. The summed E-state index contributed by atoms with van der Waals surface area (Å²) in [5, 5.41) is 5.24. The third-order valence-electron chi connectivity index (χ3n) is 18.1. The van der Waals surface area contributed by atoms with Crippen LogP contribution >= 0.6 is 0 Å².